The van der Waals surface area contributed by atoms with Gasteiger partial charge in [-0.2, -0.15) is 0 Å². The molecule has 0 radical (unpaired) electrons. The summed E-state index contributed by atoms with van der Waals surface area (Å²) in [4.78, 5) is 0. The van der Waals surface area contributed by atoms with Crippen LogP contribution in [0.5, 0.6) is 17.2 Å². The largest absolute Gasteiger partial charge is 0.494 e. The van der Waals surface area contributed by atoms with Gasteiger partial charge in [0.25, 0.3) is 0 Å². The molecule has 0 saturated carbocycles. The fourth-order valence-electron chi connectivity index (χ4n) is 3.92. The summed E-state index contributed by atoms with van der Waals surface area (Å²) in [5.74, 6) is 3.03. The van der Waals surface area contributed by atoms with E-state index in [1.54, 1.807) is 14.2 Å². The Morgan fingerprint density at radius 1 is 0.871 bits per heavy atom. The molecule has 0 saturated heterocycles. The van der Waals surface area contributed by atoms with Crippen molar-refractivity contribution in [3.63, 3.8) is 0 Å². The van der Waals surface area contributed by atoms with Gasteiger partial charge in [-0.05, 0) is 66.9 Å². The third-order valence-electron chi connectivity index (χ3n) is 5.61. The van der Waals surface area contributed by atoms with Gasteiger partial charge in [-0.25, -0.2) is 0 Å². The van der Waals surface area contributed by atoms with E-state index in [0.29, 0.717) is 18.1 Å². The fraction of sp³-hybridized carbons (Fsp3) is 0.259. The maximum Gasteiger partial charge on any atom is 0.161 e. The highest BCUT2D eigenvalue weighted by Crippen LogP contribution is 2.47. The summed E-state index contributed by atoms with van der Waals surface area (Å²) in [6.07, 6.45) is 3.04. The van der Waals surface area contributed by atoms with Gasteiger partial charge in [0.2, 0.25) is 0 Å². The second-order valence-corrected chi connectivity index (χ2v) is 7.68. The molecule has 31 heavy (non-hydrogen) atoms. The fourth-order valence-corrected chi connectivity index (χ4v) is 3.92. The Morgan fingerprint density at radius 3 is 2.19 bits per heavy atom. The molecule has 3 aromatic carbocycles. The Labute approximate surface area is 184 Å². The molecule has 0 aliphatic carbocycles. The zero-order valence-corrected chi connectivity index (χ0v) is 18.5. The predicted octanol–water partition coefficient (Wildman–Crippen LogP) is 6.28. The van der Waals surface area contributed by atoms with Crippen LogP contribution in [0.3, 0.4) is 0 Å². The van der Waals surface area contributed by atoms with Gasteiger partial charge >= 0.3 is 0 Å². The highest BCUT2D eigenvalue weighted by Gasteiger charge is 2.38. The van der Waals surface area contributed by atoms with Gasteiger partial charge in [-0.3, -0.25) is 0 Å². The van der Waals surface area contributed by atoms with Crippen molar-refractivity contribution in [2.45, 2.75) is 25.9 Å². The lowest BCUT2D eigenvalue weighted by Crippen LogP contribution is -2.30. The van der Waals surface area contributed by atoms with Crippen molar-refractivity contribution in [1.82, 2.24) is 0 Å². The molecular weight excluding hydrogens is 388 g/mol. The molecule has 4 heteroatoms. The van der Waals surface area contributed by atoms with E-state index in [9.17, 15) is 0 Å². The quantitative estimate of drug-likeness (QED) is 0.454. The SMILES string of the molecule is CCCOc1ccc(C2=Cc3cc(OC)c(OC)cc3C(C)(c3ccccc3)O2)cc1. The molecule has 0 fully saturated rings. The minimum atomic E-state index is -0.683. The van der Waals surface area contributed by atoms with Crippen molar-refractivity contribution in [2.24, 2.45) is 0 Å². The lowest BCUT2D eigenvalue weighted by Gasteiger charge is -2.37. The van der Waals surface area contributed by atoms with Gasteiger partial charge in [0.05, 0.1) is 20.8 Å². The van der Waals surface area contributed by atoms with Crippen molar-refractivity contribution < 1.29 is 18.9 Å². The first-order valence-electron chi connectivity index (χ1n) is 10.5. The molecular formula is C27H28O4. The smallest absolute Gasteiger partial charge is 0.161 e. The van der Waals surface area contributed by atoms with Crippen LogP contribution in [0.25, 0.3) is 11.8 Å². The number of fused-ring (bicyclic) bond motifs is 1. The summed E-state index contributed by atoms with van der Waals surface area (Å²) < 4.78 is 23.6. The highest BCUT2D eigenvalue weighted by molar-refractivity contribution is 5.83. The molecule has 1 aliphatic rings. The van der Waals surface area contributed by atoms with E-state index in [0.717, 1.165) is 40.2 Å². The summed E-state index contributed by atoms with van der Waals surface area (Å²) in [5.41, 5.74) is 3.44. The predicted molar refractivity (Wildman–Crippen MR) is 124 cm³/mol. The Morgan fingerprint density at radius 2 is 1.55 bits per heavy atom. The molecule has 4 nitrogen and oxygen atoms in total. The summed E-state index contributed by atoms with van der Waals surface area (Å²) in [7, 11) is 3.30. The van der Waals surface area contributed by atoms with E-state index in [-0.39, 0.29) is 0 Å². The number of methoxy groups -OCH3 is 2. The van der Waals surface area contributed by atoms with Crippen molar-refractivity contribution >= 4 is 11.8 Å². The van der Waals surface area contributed by atoms with Crippen molar-refractivity contribution in [3.05, 3.63) is 89.0 Å². The minimum absolute atomic E-state index is 0.682. The highest BCUT2D eigenvalue weighted by atomic mass is 16.5. The number of hydrogen-bond acceptors (Lipinski definition) is 4. The second kappa shape index (κ2) is 8.76. The van der Waals surface area contributed by atoms with Crippen LogP contribution < -0.4 is 14.2 Å². The third-order valence-corrected chi connectivity index (χ3v) is 5.61. The van der Waals surface area contributed by atoms with E-state index in [1.807, 2.05) is 54.6 Å². The summed E-state index contributed by atoms with van der Waals surface area (Å²) in [6, 6.07) is 22.3. The molecule has 1 unspecified atom stereocenters. The molecule has 0 spiro atoms. The Hall–Kier alpha value is -3.40. The van der Waals surface area contributed by atoms with Gasteiger partial charge in [0, 0.05) is 11.1 Å². The molecule has 0 aromatic heterocycles. The molecule has 1 heterocycles. The Balaban J connectivity index is 1.83. The number of rotatable bonds is 7. The molecule has 0 N–H and O–H groups in total. The van der Waals surface area contributed by atoms with Gasteiger partial charge in [-0.1, -0.05) is 37.3 Å². The average molecular weight is 417 g/mol. The topological polar surface area (TPSA) is 36.9 Å². The monoisotopic (exact) mass is 416 g/mol. The van der Waals surface area contributed by atoms with Crippen LogP contribution >= 0.6 is 0 Å². The van der Waals surface area contributed by atoms with Crippen molar-refractivity contribution in [1.29, 1.82) is 0 Å². The van der Waals surface area contributed by atoms with Crippen LogP contribution in [0, 0.1) is 0 Å². The molecule has 3 aromatic rings. The molecule has 0 amide bonds. The standard InChI is InChI=1S/C27H28O4/c1-5-15-30-22-13-11-19(12-14-22)24-16-20-17-25(28-3)26(29-4)18-23(20)27(2,31-24)21-9-7-6-8-10-21/h6-14,16-18H,5,15H2,1-4H3. The number of benzene rings is 3. The summed E-state index contributed by atoms with van der Waals surface area (Å²) >= 11 is 0. The Kier molecular flexibility index (Phi) is 5.90. The van der Waals surface area contributed by atoms with Gasteiger partial charge in [0.1, 0.15) is 11.5 Å². The molecule has 4 rings (SSSR count). The van der Waals surface area contributed by atoms with Gasteiger partial charge < -0.3 is 18.9 Å². The molecule has 0 bridgehead atoms. The number of ether oxygens (including phenoxy) is 4. The third kappa shape index (κ3) is 3.98. The van der Waals surface area contributed by atoms with Crippen molar-refractivity contribution in [3.8, 4) is 17.2 Å². The van der Waals surface area contributed by atoms with E-state index >= 15 is 0 Å². The lowest BCUT2D eigenvalue weighted by molar-refractivity contribution is 0.0949. The van der Waals surface area contributed by atoms with Crippen LogP contribution in [0.15, 0.2) is 66.7 Å². The maximum absolute atomic E-state index is 6.69. The van der Waals surface area contributed by atoms with E-state index in [2.05, 4.69) is 32.1 Å². The van der Waals surface area contributed by atoms with Crippen molar-refractivity contribution in [2.75, 3.05) is 20.8 Å². The Bertz CT molecular complexity index is 1070. The van der Waals surface area contributed by atoms with Crippen LogP contribution in [0.2, 0.25) is 0 Å². The maximum atomic E-state index is 6.69. The lowest BCUT2D eigenvalue weighted by atomic mass is 9.82. The zero-order chi connectivity index (χ0) is 21.8. The molecule has 1 atom stereocenters. The van der Waals surface area contributed by atoms with Gasteiger partial charge in [-0.15, -0.1) is 0 Å². The first-order valence-corrected chi connectivity index (χ1v) is 10.5. The summed E-state index contributed by atoms with van der Waals surface area (Å²) in [5, 5.41) is 0. The zero-order valence-electron chi connectivity index (χ0n) is 18.5. The first kappa shape index (κ1) is 20.9. The summed E-state index contributed by atoms with van der Waals surface area (Å²) in [6.45, 7) is 4.90. The van der Waals surface area contributed by atoms with E-state index in [4.69, 9.17) is 18.9 Å². The molecule has 1 aliphatic heterocycles. The second-order valence-electron chi connectivity index (χ2n) is 7.68. The average Bonchev–Trinajstić information content (AvgIpc) is 2.82. The van der Waals surface area contributed by atoms with Crippen LogP contribution in [0.4, 0.5) is 0 Å². The molecule has 160 valence electrons. The van der Waals surface area contributed by atoms with Gasteiger partial charge in [0.15, 0.2) is 17.1 Å². The normalized spacial score (nSPS) is 17.2. The first-order chi connectivity index (χ1) is 15.1. The van der Waals surface area contributed by atoms with E-state index < -0.39 is 5.60 Å². The van der Waals surface area contributed by atoms with Crippen LogP contribution in [-0.2, 0) is 10.3 Å². The number of hydrogen-bond donors (Lipinski definition) is 0. The van der Waals surface area contributed by atoms with Crippen LogP contribution in [-0.4, -0.2) is 20.8 Å². The van der Waals surface area contributed by atoms with E-state index in [1.165, 1.54) is 0 Å². The van der Waals surface area contributed by atoms with Crippen LogP contribution in [0.1, 0.15) is 42.5 Å². The minimum Gasteiger partial charge on any atom is -0.494 e.